The molecule has 0 aliphatic rings. The third-order valence-electron chi connectivity index (χ3n) is 3.33. The molecule has 1 N–H and O–H groups in total. The van der Waals surface area contributed by atoms with E-state index in [1.165, 1.54) is 0 Å². The zero-order chi connectivity index (χ0) is 14.7. The fraction of sp³-hybridized carbons (Fsp3) is 0.400. The van der Waals surface area contributed by atoms with Gasteiger partial charge in [-0.05, 0) is 31.5 Å². The molecule has 1 atom stereocenters. The smallest absolute Gasteiger partial charge is 0.145 e. The summed E-state index contributed by atoms with van der Waals surface area (Å²) in [6.07, 6.45) is 2.53. The predicted octanol–water partition coefficient (Wildman–Crippen LogP) is 3.41. The van der Waals surface area contributed by atoms with Crippen LogP contribution in [-0.2, 0) is 13.5 Å². The van der Waals surface area contributed by atoms with E-state index in [2.05, 4.69) is 10.4 Å². The lowest BCUT2D eigenvalue weighted by Gasteiger charge is -2.18. The van der Waals surface area contributed by atoms with Gasteiger partial charge in [0, 0.05) is 24.8 Å². The van der Waals surface area contributed by atoms with Crippen LogP contribution < -0.4 is 5.32 Å². The first-order chi connectivity index (χ1) is 9.52. The predicted molar refractivity (Wildman–Crippen MR) is 79.5 cm³/mol. The van der Waals surface area contributed by atoms with Crippen LogP contribution in [0.15, 0.2) is 24.4 Å². The van der Waals surface area contributed by atoms with Gasteiger partial charge in [-0.1, -0.05) is 30.7 Å². The number of aryl methyl sites for hydroxylation is 2. The van der Waals surface area contributed by atoms with Gasteiger partial charge < -0.3 is 5.32 Å². The van der Waals surface area contributed by atoms with Crippen molar-refractivity contribution >= 4 is 11.6 Å². The van der Waals surface area contributed by atoms with Crippen LogP contribution in [0.3, 0.4) is 0 Å². The fourth-order valence-electron chi connectivity index (χ4n) is 2.42. The summed E-state index contributed by atoms with van der Waals surface area (Å²) in [5, 5.41) is 7.91. The number of halogens is 2. The molecule has 3 nitrogen and oxygen atoms in total. The molecule has 0 aliphatic carbocycles. The molecule has 2 aromatic rings. The molecular formula is C15H19ClFN3. The van der Waals surface area contributed by atoms with Crippen molar-refractivity contribution in [2.45, 2.75) is 26.3 Å². The van der Waals surface area contributed by atoms with E-state index in [1.807, 2.05) is 27.1 Å². The number of hydrogen-bond donors (Lipinski definition) is 1. The van der Waals surface area contributed by atoms with Gasteiger partial charge in [-0.15, -0.1) is 0 Å². The minimum absolute atomic E-state index is 0.0293. The van der Waals surface area contributed by atoms with Crippen LogP contribution in [0.4, 0.5) is 4.39 Å². The second-order valence-corrected chi connectivity index (χ2v) is 5.28. The number of likely N-dealkylation sites (N-methyl/N-ethyl adjacent to an activating group) is 1. The first-order valence-corrected chi connectivity index (χ1v) is 7.07. The van der Waals surface area contributed by atoms with E-state index in [0.29, 0.717) is 12.0 Å². The maximum atomic E-state index is 14.0. The molecule has 0 bridgehead atoms. The van der Waals surface area contributed by atoms with Crippen LogP contribution >= 0.6 is 11.6 Å². The van der Waals surface area contributed by atoms with Crippen molar-refractivity contribution in [2.24, 2.45) is 7.05 Å². The molecule has 1 aromatic carbocycles. The summed E-state index contributed by atoms with van der Waals surface area (Å²) in [7, 11) is 1.89. The Morgan fingerprint density at radius 3 is 2.80 bits per heavy atom. The van der Waals surface area contributed by atoms with E-state index in [9.17, 15) is 4.39 Å². The van der Waals surface area contributed by atoms with Crippen molar-refractivity contribution < 1.29 is 4.39 Å². The highest BCUT2D eigenvalue weighted by molar-refractivity contribution is 6.30. The normalized spacial score (nSPS) is 12.7. The summed E-state index contributed by atoms with van der Waals surface area (Å²) in [6.45, 7) is 4.81. The Balaban J connectivity index is 2.30. The maximum absolute atomic E-state index is 14.0. The van der Waals surface area contributed by atoms with Gasteiger partial charge in [-0.25, -0.2) is 4.39 Å². The van der Waals surface area contributed by atoms with Crippen LogP contribution in [-0.4, -0.2) is 16.3 Å². The van der Waals surface area contributed by atoms with Gasteiger partial charge in [0.05, 0.1) is 10.7 Å². The highest BCUT2D eigenvalue weighted by Crippen LogP contribution is 2.25. The van der Waals surface area contributed by atoms with Gasteiger partial charge in [0.1, 0.15) is 5.82 Å². The Hall–Kier alpha value is -1.39. The average Bonchev–Trinajstić information content (AvgIpc) is 2.73. The molecule has 20 heavy (non-hydrogen) atoms. The molecule has 108 valence electrons. The van der Waals surface area contributed by atoms with E-state index in [-0.39, 0.29) is 16.9 Å². The van der Waals surface area contributed by atoms with Gasteiger partial charge >= 0.3 is 0 Å². The molecule has 0 saturated heterocycles. The van der Waals surface area contributed by atoms with E-state index in [4.69, 9.17) is 11.6 Å². The standard InChI is InChI=1S/C15H19ClFN3/c1-4-18-14(12-9-20(3)19-10(12)2)8-11-6-5-7-13(16)15(11)17/h5-7,9,14,18H,4,8H2,1-3H3. The highest BCUT2D eigenvalue weighted by Gasteiger charge is 2.18. The zero-order valence-electron chi connectivity index (χ0n) is 12.0. The van der Waals surface area contributed by atoms with E-state index < -0.39 is 0 Å². The van der Waals surface area contributed by atoms with Crippen molar-refractivity contribution in [1.82, 2.24) is 15.1 Å². The van der Waals surface area contributed by atoms with Crippen molar-refractivity contribution in [3.63, 3.8) is 0 Å². The van der Waals surface area contributed by atoms with Crippen molar-refractivity contribution in [3.8, 4) is 0 Å². The maximum Gasteiger partial charge on any atom is 0.145 e. The topological polar surface area (TPSA) is 29.9 Å². The average molecular weight is 296 g/mol. The quantitative estimate of drug-likeness (QED) is 0.916. The Morgan fingerprint density at radius 2 is 2.20 bits per heavy atom. The lowest BCUT2D eigenvalue weighted by Crippen LogP contribution is -2.23. The minimum atomic E-state index is -0.335. The van der Waals surface area contributed by atoms with Crippen LogP contribution in [0.25, 0.3) is 0 Å². The molecule has 2 rings (SSSR count). The Kier molecular flexibility index (Phi) is 4.78. The molecule has 5 heteroatoms. The molecule has 0 spiro atoms. The Bertz CT molecular complexity index is 595. The zero-order valence-corrected chi connectivity index (χ0v) is 12.7. The van der Waals surface area contributed by atoms with Crippen LogP contribution in [0.1, 0.15) is 29.8 Å². The van der Waals surface area contributed by atoms with Gasteiger partial charge in [0.25, 0.3) is 0 Å². The summed E-state index contributed by atoms with van der Waals surface area (Å²) in [5.41, 5.74) is 2.67. The van der Waals surface area contributed by atoms with Crippen LogP contribution in [0.5, 0.6) is 0 Å². The molecule has 0 fully saturated rings. The van der Waals surface area contributed by atoms with E-state index in [1.54, 1.807) is 22.9 Å². The minimum Gasteiger partial charge on any atom is -0.310 e. The number of nitrogens with zero attached hydrogens (tertiary/aromatic N) is 2. The van der Waals surface area contributed by atoms with Gasteiger partial charge in [0.2, 0.25) is 0 Å². The molecule has 1 heterocycles. The Morgan fingerprint density at radius 1 is 1.45 bits per heavy atom. The van der Waals surface area contributed by atoms with Crippen LogP contribution in [0, 0.1) is 12.7 Å². The second kappa shape index (κ2) is 6.37. The second-order valence-electron chi connectivity index (χ2n) is 4.87. The summed E-state index contributed by atoms with van der Waals surface area (Å²) >= 11 is 5.84. The number of hydrogen-bond acceptors (Lipinski definition) is 2. The monoisotopic (exact) mass is 295 g/mol. The molecule has 1 unspecified atom stereocenters. The van der Waals surface area contributed by atoms with Crippen molar-refractivity contribution in [2.75, 3.05) is 6.54 Å². The summed E-state index contributed by atoms with van der Waals surface area (Å²) in [4.78, 5) is 0. The molecule has 0 amide bonds. The third-order valence-corrected chi connectivity index (χ3v) is 3.62. The molecule has 0 aliphatic heterocycles. The SMILES string of the molecule is CCNC(Cc1cccc(Cl)c1F)c1cn(C)nc1C. The lowest BCUT2D eigenvalue weighted by molar-refractivity contribution is 0.526. The van der Waals surface area contributed by atoms with Gasteiger partial charge in [-0.2, -0.15) is 5.10 Å². The Labute approximate surface area is 123 Å². The molecular weight excluding hydrogens is 277 g/mol. The van der Waals surface area contributed by atoms with Crippen molar-refractivity contribution in [1.29, 1.82) is 0 Å². The number of aromatic nitrogens is 2. The first-order valence-electron chi connectivity index (χ1n) is 6.69. The van der Waals surface area contributed by atoms with E-state index >= 15 is 0 Å². The highest BCUT2D eigenvalue weighted by atomic mass is 35.5. The first kappa shape index (κ1) is 15.0. The van der Waals surface area contributed by atoms with Crippen LogP contribution in [0.2, 0.25) is 5.02 Å². The summed E-state index contributed by atoms with van der Waals surface area (Å²) < 4.78 is 15.8. The number of rotatable bonds is 5. The van der Waals surface area contributed by atoms with E-state index in [0.717, 1.165) is 17.8 Å². The molecule has 1 aromatic heterocycles. The lowest BCUT2D eigenvalue weighted by atomic mass is 9.99. The van der Waals surface area contributed by atoms with Gasteiger partial charge in [0.15, 0.2) is 0 Å². The van der Waals surface area contributed by atoms with Crippen molar-refractivity contribution in [3.05, 3.63) is 52.1 Å². The third kappa shape index (κ3) is 3.19. The molecule has 0 radical (unpaired) electrons. The van der Waals surface area contributed by atoms with Gasteiger partial charge in [-0.3, -0.25) is 4.68 Å². The summed E-state index contributed by atoms with van der Waals surface area (Å²) in [6, 6.07) is 5.15. The molecule has 0 saturated carbocycles. The largest absolute Gasteiger partial charge is 0.310 e. The number of nitrogens with one attached hydrogen (secondary N) is 1. The number of benzene rings is 1. The fourth-order valence-corrected chi connectivity index (χ4v) is 2.62. The summed E-state index contributed by atoms with van der Waals surface area (Å²) in [5.74, 6) is -0.335.